The maximum atomic E-state index is 11.5. The summed E-state index contributed by atoms with van der Waals surface area (Å²) in [6, 6.07) is 19.5. The maximum Gasteiger partial charge on any atom is 0.328 e. The molecular weight excluding hydrogens is 390 g/mol. The van der Waals surface area contributed by atoms with Gasteiger partial charge in [-0.15, -0.1) is 0 Å². The van der Waals surface area contributed by atoms with Crippen LogP contribution in [-0.2, 0) is 4.79 Å². The lowest BCUT2D eigenvalue weighted by molar-refractivity contribution is -0.139. The number of aliphatic carboxylic acids is 1. The highest BCUT2D eigenvalue weighted by Gasteiger charge is 2.21. The number of carbonyl (C=O) groups is 1. The van der Waals surface area contributed by atoms with Crippen molar-refractivity contribution in [1.82, 2.24) is 0 Å². The Hall–Kier alpha value is -3.86. The number of phenolic OH excluding ortho intramolecular Hbond substituents is 2. The van der Waals surface area contributed by atoms with Gasteiger partial charge in [0, 0.05) is 22.9 Å². The van der Waals surface area contributed by atoms with Crippen LogP contribution in [0.3, 0.4) is 0 Å². The molecule has 5 heteroatoms. The van der Waals surface area contributed by atoms with E-state index in [1.807, 2.05) is 54.6 Å². The lowest BCUT2D eigenvalue weighted by Gasteiger charge is -2.16. The van der Waals surface area contributed by atoms with E-state index in [1.165, 1.54) is 6.21 Å². The van der Waals surface area contributed by atoms with Gasteiger partial charge in [-0.3, -0.25) is 4.99 Å². The second kappa shape index (κ2) is 8.11. The summed E-state index contributed by atoms with van der Waals surface area (Å²) in [5.41, 5.74) is 1.42. The number of carboxylic acids is 1. The first kappa shape index (κ1) is 20.4. The van der Waals surface area contributed by atoms with Crippen LogP contribution >= 0.6 is 0 Å². The zero-order chi connectivity index (χ0) is 22.1. The van der Waals surface area contributed by atoms with E-state index in [0.717, 1.165) is 21.5 Å². The van der Waals surface area contributed by atoms with Crippen LogP contribution in [0.4, 0.5) is 0 Å². The Morgan fingerprint density at radius 2 is 1.48 bits per heavy atom. The minimum atomic E-state index is -1.02. The maximum absolute atomic E-state index is 11.5. The van der Waals surface area contributed by atoms with E-state index in [1.54, 1.807) is 26.0 Å². The molecule has 0 aromatic heterocycles. The van der Waals surface area contributed by atoms with Crippen molar-refractivity contribution in [1.29, 1.82) is 0 Å². The largest absolute Gasteiger partial charge is 0.507 e. The SMILES string of the molecule is CC(C)[C@H](N=Cc1cc2ccccc2c(-c2c(O)ccc3ccccc23)c1O)C(=O)O. The number of hydrogen-bond acceptors (Lipinski definition) is 4. The summed E-state index contributed by atoms with van der Waals surface area (Å²) in [7, 11) is 0. The van der Waals surface area contributed by atoms with Crippen molar-refractivity contribution >= 4 is 33.7 Å². The second-order valence-electron chi connectivity index (χ2n) is 7.90. The number of aromatic hydroxyl groups is 2. The van der Waals surface area contributed by atoms with E-state index in [4.69, 9.17) is 0 Å². The van der Waals surface area contributed by atoms with Gasteiger partial charge in [0.05, 0.1) is 0 Å². The first-order valence-electron chi connectivity index (χ1n) is 10.1. The van der Waals surface area contributed by atoms with E-state index >= 15 is 0 Å². The highest BCUT2D eigenvalue weighted by atomic mass is 16.4. The molecule has 1 atom stereocenters. The molecule has 0 aliphatic heterocycles. The average molecular weight is 413 g/mol. The summed E-state index contributed by atoms with van der Waals surface area (Å²) in [4.78, 5) is 15.8. The molecule has 0 radical (unpaired) electrons. The summed E-state index contributed by atoms with van der Waals surface area (Å²) in [5, 5.41) is 34.9. The van der Waals surface area contributed by atoms with Crippen molar-refractivity contribution in [2.45, 2.75) is 19.9 Å². The third-order valence-corrected chi connectivity index (χ3v) is 5.47. The first-order valence-corrected chi connectivity index (χ1v) is 10.1. The van der Waals surface area contributed by atoms with Crippen LogP contribution in [0.5, 0.6) is 11.5 Å². The number of aliphatic imine (C=N–C) groups is 1. The molecule has 4 aromatic rings. The van der Waals surface area contributed by atoms with Crippen molar-refractivity contribution in [3.8, 4) is 22.6 Å². The minimum Gasteiger partial charge on any atom is -0.507 e. The molecule has 5 nitrogen and oxygen atoms in total. The quantitative estimate of drug-likeness (QED) is 0.372. The van der Waals surface area contributed by atoms with Gasteiger partial charge in [0.15, 0.2) is 0 Å². The summed E-state index contributed by atoms with van der Waals surface area (Å²) in [6.07, 6.45) is 1.41. The van der Waals surface area contributed by atoms with Crippen molar-refractivity contribution < 1.29 is 20.1 Å². The van der Waals surface area contributed by atoms with Crippen molar-refractivity contribution in [3.05, 3.63) is 72.3 Å². The lowest BCUT2D eigenvalue weighted by atomic mass is 9.90. The molecule has 0 aliphatic carbocycles. The molecular formula is C26H23NO4. The predicted molar refractivity (Wildman–Crippen MR) is 124 cm³/mol. The van der Waals surface area contributed by atoms with Crippen LogP contribution in [0, 0.1) is 5.92 Å². The van der Waals surface area contributed by atoms with Gasteiger partial charge < -0.3 is 15.3 Å². The van der Waals surface area contributed by atoms with Crippen LogP contribution in [0.2, 0.25) is 0 Å². The van der Waals surface area contributed by atoms with Crippen molar-refractivity contribution in [2.75, 3.05) is 0 Å². The molecule has 0 fully saturated rings. The smallest absolute Gasteiger partial charge is 0.328 e. The predicted octanol–water partition coefficient (Wildman–Crippen LogP) is 5.60. The van der Waals surface area contributed by atoms with E-state index in [0.29, 0.717) is 16.7 Å². The molecule has 0 bridgehead atoms. The molecule has 156 valence electrons. The molecule has 0 heterocycles. The number of carboxylic acid groups (broad SMARTS) is 1. The van der Waals surface area contributed by atoms with Gasteiger partial charge in [-0.05, 0) is 39.6 Å². The number of phenols is 2. The summed E-state index contributed by atoms with van der Waals surface area (Å²) in [5.74, 6) is -1.21. The van der Waals surface area contributed by atoms with Gasteiger partial charge in [0.1, 0.15) is 17.5 Å². The summed E-state index contributed by atoms with van der Waals surface area (Å²) in [6.45, 7) is 3.58. The molecule has 0 unspecified atom stereocenters. The Bertz CT molecular complexity index is 1320. The Kier molecular flexibility index (Phi) is 5.34. The van der Waals surface area contributed by atoms with Crippen LogP contribution < -0.4 is 0 Å². The normalized spacial score (nSPS) is 12.7. The summed E-state index contributed by atoms with van der Waals surface area (Å²) >= 11 is 0. The number of fused-ring (bicyclic) bond motifs is 2. The molecule has 4 aromatic carbocycles. The van der Waals surface area contributed by atoms with Gasteiger partial charge in [-0.2, -0.15) is 0 Å². The molecule has 31 heavy (non-hydrogen) atoms. The second-order valence-corrected chi connectivity index (χ2v) is 7.90. The van der Waals surface area contributed by atoms with Crippen molar-refractivity contribution in [3.63, 3.8) is 0 Å². The molecule has 0 saturated carbocycles. The third-order valence-electron chi connectivity index (χ3n) is 5.47. The number of rotatable bonds is 5. The first-order chi connectivity index (χ1) is 14.9. The Labute approximate surface area is 179 Å². The summed E-state index contributed by atoms with van der Waals surface area (Å²) < 4.78 is 0. The highest BCUT2D eigenvalue weighted by molar-refractivity contribution is 6.12. The fourth-order valence-corrected chi connectivity index (χ4v) is 3.91. The standard InChI is InChI=1S/C26H23NO4/c1-15(2)24(26(30)31)27-14-18-13-17-8-4-6-10-20(17)23(25(18)29)22-19-9-5-3-7-16(19)11-12-21(22)28/h3-15,24,28-29H,1-2H3,(H,30,31)/t24-/m0/s1. The van der Waals surface area contributed by atoms with Gasteiger partial charge in [0.25, 0.3) is 0 Å². The van der Waals surface area contributed by atoms with Crippen LogP contribution in [0.25, 0.3) is 32.7 Å². The molecule has 0 spiro atoms. The Morgan fingerprint density at radius 3 is 2.13 bits per heavy atom. The third kappa shape index (κ3) is 3.70. The fourth-order valence-electron chi connectivity index (χ4n) is 3.91. The molecule has 0 aliphatic rings. The molecule has 0 saturated heterocycles. The lowest BCUT2D eigenvalue weighted by Crippen LogP contribution is -2.24. The Balaban J connectivity index is 2.02. The van der Waals surface area contributed by atoms with E-state index in [-0.39, 0.29) is 17.4 Å². The van der Waals surface area contributed by atoms with E-state index in [9.17, 15) is 20.1 Å². The topological polar surface area (TPSA) is 90.1 Å². The van der Waals surface area contributed by atoms with E-state index in [2.05, 4.69) is 4.99 Å². The van der Waals surface area contributed by atoms with Gasteiger partial charge in [0.2, 0.25) is 0 Å². The van der Waals surface area contributed by atoms with Crippen LogP contribution in [0.15, 0.2) is 71.7 Å². The van der Waals surface area contributed by atoms with Crippen LogP contribution in [-0.4, -0.2) is 33.5 Å². The molecule has 3 N–H and O–H groups in total. The Morgan fingerprint density at radius 1 is 0.871 bits per heavy atom. The zero-order valence-electron chi connectivity index (χ0n) is 17.3. The number of hydrogen-bond donors (Lipinski definition) is 3. The van der Waals surface area contributed by atoms with Gasteiger partial charge in [-0.1, -0.05) is 68.4 Å². The highest BCUT2D eigenvalue weighted by Crippen LogP contribution is 2.45. The number of nitrogens with zero attached hydrogens (tertiary/aromatic N) is 1. The van der Waals surface area contributed by atoms with Gasteiger partial charge in [-0.25, -0.2) is 4.79 Å². The monoisotopic (exact) mass is 413 g/mol. The van der Waals surface area contributed by atoms with Crippen LogP contribution in [0.1, 0.15) is 19.4 Å². The zero-order valence-corrected chi connectivity index (χ0v) is 17.3. The molecule has 4 rings (SSSR count). The van der Waals surface area contributed by atoms with E-state index < -0.39 is 12.0 Å². The minimum absolute atomic E-state index is 0.0537. The van der Waals surface area contributed by atoms with Gasteiger partial charge >= 0.3 is 5.97 Å². The fraction of sp³-hybridized carbons (Fsp3) is 0.154. The number of benzene rings is 4. The average Bonchev–Trinajstić information content (AvgIpc) is 2.74. The molecule has 0 amide bonds. The van der Waals surface area contributed by atoms with Crippen molar-refractivity contribution in [2.24, 2.45) is 10.9 Å².